The zero-order valence-electron chi connectivity index (χ0n) is 5.75. The van der Waals surface area contributed by atoms with Gasteiger partial charge in [-0.2, -0.15) is 0 Å². The van der Waals surface area contributed by atoms with Crippen molar-refractivity contribution in [2.75, 3.05) is 0 Å². The van der Waals surface area contributed by atoms with E-state index in [0.29, 0.717) is 0 Å². The Hall–Kier alpha value is 0.0300. The van der Waals surface area contributed by atoms with Crippen LogP contribution in [0.5, 0.6) is 0 Å². The van der Waals surface area contributed by atoms with Crippen LogP contribution in [0.15, 0.2) is 30.6 Å². The van der Waals surface area contributed by atoms with Crippen molar-refractivity contribution in [2.45, 2.75) is 6.92 Å². The Kier molecular flexibility index (Phi) is 5.81. The number of hydrogen-bond acceptors (Lipinski definition) is 2. The first-order valence-corrected chi connectivity index (χ1v) is 5.93. The van der Waals surface area contributed by atoms with Crippen LogP contribution >= 0.6 is 30.3 Å². The average Bonchev–Trinajstić information content (AvgIpc) is 1.91. The predicted octanol–water partition coefficient (Wildman–Crippen LogP) is 2.99. The lowest BCUT2D eigenvalue weighted by Gasteiger charge is -2.12. The number of amidine groups is 1. The molecule has 0 N–H and O–H groups in total. The van der Waals surface area contributed by atoms with Crippen molar-refractivity contribution in [3.63, 3.8) is 0 Å². The minimum atomic E-state index is 0.879. The molecule has 0 aliphatic rings. The summed E-state index contributed by atoms with van der Waals surface area (Å²) in [5, 5.41) is 0. The predicted molar refractivity (Wildman–Crippen MR) is 57.0 cm³/mol. The molecule has 56 valence electrons. The van der Waals surface area contributed by atoms with Crippen LogP contribution in [0, 0.1) is 0 Å². The molecule has 0 bridgehead atoms. The van der Waals surface area contributed by atoms with Gasteiger partial charge >= 0.3 is 0 Å². The molecule has 0 saturated carbocycles. The van der Waals surface area contributed by atoms with Crippen LogP contribution in [0.2, 0.25) is 0 Å². The first-order chi connectivity index (χ1) is 4.76. The topological polar surface area (TPSA) is 15.6 Å². The van der Waals surface area contributed by atoms with E-state index in [2.05, 4.69) is 39.4 Å². The van der Waals surface area contributed by atoms with Crippen LogP contribution < -0.4 is 0 Å². The second-order valence-corrected chi connectivity index (χ2v) is 3.15. The zero-order chi connectivity index (χ0) is 7.98. The molecule has 0 spiro atoms. The summed E-state index contributed by atoms with van der Waals surface area (Å²) in [4.78, 5) is 3.98. The van der Waals surface area contributed by atoms with Gasteiger partial charge in [0.2, 0.25) is 0 Å². The number of nitrogens with zero attached hydrogens (tertiary/aromatic N) is 2. The molecule has 2 nitrogen and oxygen atoms in total. The van der Waals surface area contributed by atoms with Crippen molar-refractivity contribution in [3.05, 3.63) is 25.6 Å². The monoisotopic (exact) mass is 268 g/mol. The van der Waals surface area contributed by atoms with Crippen molar-refractivity contribution in [2.24, 2.45) is 4.99 Å². The standard InChI is InChI=1S/C6H9IN2S/c1-4-8-6(3)9(5-2)10-7/h4-5H,1-2H2,3H3. The first-order valence-electron chi connectivity index (χ1n) is 2.62. The lowest BCUT2D eigenvalue weighted by atomic mass is 10.6. The third-order valence-electron chi connectivity index (χ3n) is 0.837. The normalized spacial score (nSPS) is 10.8. The maximum atomic E-state index is 3.98. The van der Waals surface area contributed by atoms with Gasteiger partial charge < -0.3 is 0 Å². The highest BCUT2D eigenvalue weighted by molar-refractivity contribution is 14.2. The summed E-state index contributed by atoms with van der Waals surface area (Å²) in [6.45, 7) is 9.01. The van der Waals surface area contributed by atoms with Crippen molar-refractivity contribution in [1.29, 1.82) is 0 Å². The molecular formula is C6H9IN2S. The lowest BCUT2D eigenvalue weighted by molar-refractivity contribution is 0.933. The van der Waals surface area contributed by atoms with E-state index in [1.165, 1.54) is 15.3 Å². The molecule has 0 aliphatic carbocycles. The van der Waals surface area contributed by atoms with Crippen LogP contribution in [-0.2, 0) is 0 Å². The largest absolute Gasteiger partial charge is 0.271 e. The van der Waals surface area contributed by atoms with E-state index in [0.717, 1.165) is 5.84 Å². The fourth-order valence-corrected chi connectivity index (χ4v) is 1.94. The molecule has 0 unspecified atom stereocenters. The third-order valence-corrected chi connectivity index (χ3v) is 2.67. The second kappa shape index (κ2) is 5.79. The molecule has 0 heterocycles. The number of aliphatic imine (C=N–C) groups is 1. The molecule has 0 aromatic carbocycles. The fraction of sp³-hybridized carbons (Fsp3) is 0.167. The summed E-state index contributed by atoms with van der Waals surface area (Å²) in [7, 11) is 1.52. The Bertz CT molecular complexity index is 156. The van der Waals surface area contributed by atoms with Crippen LogP contribution in [-0.4, -0.2) is 10.1 Å². The minimum absolute atomic E-state index is 0.879. The Morgan fingerprint density at radius 1 is 1.70 bits per heavy atom. The van der Waals surface area contributed by atoms with Crippen LogP contribution in [0.4, 0.5) is 0 Å². The summed E-state index contributed by atoms with van der Waals surface area (Å²) < 4.78 is 1.85. The molecule has 0 aliphatic heterocycles. The van der Waals surface area contributed by atoms with Crippen molar-refractivity contribution in [1.82, 2.24) is 4.31 Å². The summed E-state index contributed by atoms with van der Waals surface area (Å²) in [6, 6.07) is 0. The van der Waals surface area contributed by atoms with Crippen molar-refractivity contribution >= 4 is 36.2 Å². The van der Waals surface area contributed by atoms with Gasteiger partial charge in [0.1, 0.15) is 5.84 Å². The molecule has 0 radical (unpaired) electrons. The van der Waals surface area contributed by atoms with Gasteiger partial charge in [-0.3, -0.25) is 4.31 Å². The van der Waals surface area contributed by atoms with E-state index in [9.17, 15) is 0 Å². The summed E-state index contributed by atoms with van der Waals surface area (Å²) >= 11 is 2.16. The van der Waals surface area contributed by atoms with Gasteiger partial charge in [-0.15, -0.1) is 0 Å². The molecule has 0 aromatic rings. The maximum Gasteiger partial charge on any atom is 0.115 e. The maximum absolute atomic E-state index is 3.98. The SMILES string of the molecule is C=CN=C(C)N(C=C)SI. The molecule has 0 atom stereocenters. The molecule has 0 fully saturated rings. The summed E-state index contributed by atoms with van der Waals surface area (Å²) in [5.41, 5.74) is 0. The fourth-order valence-electron chi connectivity index (χ4n) is 0.399. The molecule has 4 heteroatoms. The third kappa shape index (κ3) is 3.26. The van der Waals surface area contributed by atoms with Crippen LogP contribution in [0.1, 0.15) is 6.92 Å². The van der Waals surface area contributed by atoms with E-state index in [4.69, 9.17) is 0 Å². The lowest BCUT2D eigenvalue weighted by Crippen LogP contribution is -2.11. The smallest absolute Gasteiger partial charge is 0.115 e. The van der Waals surface area contributed by atoms with Gasteiger partial charge in [-0.05, 0) is 6.92 Å². The molecule has 0 rings (SSSR count). The number of rotatable bonds is 3. The number of halogens is 1. The van der Waals surface area contributed by atoms with Gasteiger partial charge in [0.05, 0.1) is 0 Å². The van der Waals surface area contributed by atoms with Gasteiger partial charge in [0, 0.05) is 42.7 Å². The first kappa shape index (κ1) is 10.0. The highest BCUT2D eigenvalue weighted by Gasteiger charge is 1.98. The Morgan fingerprint density at radius 2 is 2.30 bits per heavy atom. The molecular weight excluding hydrogens is 259 g/mol. The van der Waals surface area contributed by atoms with Crippen LogP contribution in [0.3, 0.4) is 0 Å². The highest BCUT2D eigenvalue weighted by Crippen LogP contribution is 2.18. The molecule has 10 heavy (non-hydrogen) atoms. The highest BCUT2D eigenvalue weighted by atomic mass is 127. The van der Waals surface area contributed by atoms with Gasteiger partial charge in [0.25, 0.3) is 0 Å². The minimum Gasteiger partial charge on any atom is -0.271 e. The van der Waals surface area contributed by atoms with E-state index in [1.54, 1.807) is 6.20 Å². The van der Waals surface area contributed by atoms with Crippen molar-refractivity contribution in [3.8, 4) is 0 Å². The zero-order valence-corrected chi connectivity index (χ0v) is 8.72. The van der Waals surface area contributed by atoms with Crippen LogP contribution in [0.25, 0.3) is 0 Å². The van der Waals surface area contributed by atoms with E-state index in [-0.39, 0.29) is 0 Å². The van der Waals surface area contributed by atoms with Gasteiger partial charge in [0.15, 0.2) is 0 Å². The Balaban J connectivity index is 4.12. The van der Waals surface area contributed by atoms with E-state index >= 15 is 0 Å². The Morgan fingerprint density at radius 3 is 2.60 bits per heavy atom. The van der Waals surface area contributed by atoms with Gasteiger partial charge in [-0.25, -0.2) is 4.99 Å². The quantitative estimate of drug-likeness (QED) is 0.338. The summed E-state index contributed by atoms with van der Waals surface area (Å²) in [5.74, 6) is 0.879. The number of hydrogen-bond donors (Lipinski definition) is 0. The molecule has 0 aromatic heterocycles. The Labute approximate surface area is 77.8 Å². The van der Waals surface area contributed by atoms with Gasteiger partial charge in [-0.1, -0.05) is 13.2 Å². The summed E-state index contributed by atoms with van der Waals surface area (Å²) in [6.07, 6.45) is 3.22. The molecule has 0 amide bonds. The molecule has 0 saturated heterocycles. The van der Waals surface area contributed by atoms with Crippen molar-refractivity contribution < 1.29 is 0 Å². The average molecular weight is 268 g/mol. The van der Waals surface area contributed by atoms with E-state index < -0.39 is 0 Å². The second-order valence-electron chi connectivity index (χ2n) is 1.44. The van der Waals surface area contributed by atoms with E-state index in [1.807, 2.05) is 11.2 Å².